The van der Waals surface area contributed by atoms with Crippen LogP contribution in [-0.2, 0) is 22.4 Å². The third-order valence-corrected chi connectivity index (χ3v) is 9.05. The van der Waals surface area contributed by atoms with Crippen molar-refractivity contribution in [3.63, 3.8) is 0 Å². The fraction of sp³-hybridized carbons (Fsp3) is 0.471. The van der Waals surface area contributed by atoms with Crippen molar-refractivity contribution in [3.05, 3.63) is 87.6 Å². The monoisotopic (exact) mass is 614 g/mol. The summed E-state index contributed by atoms with van der Waals surface area (Å²) >= 11 is 0. The summed E-state index contributed by atoms with van der Waals surface area (Å²) < 4.78 is 9.78. The highest BCUT2D eigenvalue weighted by Crippen LogP contribution is 2.32. The topological polar surface area (TPSA) is 136 Å². The second-order valence-electron chi connectivity index (χ2n) is 12.4. The van der Waals surface area contributed by atoms with Crippen LogP contribution in [0, 0.1) is 0 Å². The molecule has 2 atom stereocenters. The van der Waals surface area contributed by atoms with Crippen molar-refractivity contribution in [2.45, 2.75) is 96.3 Å². The number of nitrogens with zero attached hydrogens (tertiary/aromatic N) is 5. The molecule has 0 amide bonds. The van der Waals surface area contributed by atoms with E-state index in [1.807, 2.05) is 52.4 Å². The van der Waals surface area contributed by atoms with Crippen LogP contribution < -0.4 is 10.9 Å². The smallest absolute Gasteiger partial charge is 0.304 e. The molecule has 3 heterocycles. The van der Waals surface area contributed by atoms with Crippen LogP contribution in [0.25, 0.3) is 16.9 Å². The number of nitrogens with one attached hydrogen (secondary N) is 1. The highest BCUT2D eigenvalue weighted by atomic mass is 16.7. The van der Waals surface area contributed by atoms with Gasteiger partial charge in [-0.2, -0.15) is 10.1 Å². The van der Waals surface area contributed by atoms with Gasteiger partial charge >= 0.3 is 6.41 Å². The van der Waals surface area contributed by atoms with Crippen molar-refractivity contribution in [1.82, 2.24) is 24.5 Å². The molecule has 0 radical (unpaired) electrons. The summed E-state index contributed by atoms with van der Waals surface area (Å²) in [5.41, 5.74) is 4.60. The fourth-order valence-corrected chi connectivity index (χ4v) is 6.29. The van der Waals surface area contributed by atoms with Crippen LogP contribution in [-0.4, -0.2) is 59.9 Å². The predicted octanol–water partition coefficient (Wildman–Crippen LogP) is 4.32. The van der Waals surface area contributed by atoms with Crippen LogP contribution in [0.1, 0.15) is 87.7 Å². The number of aryl methyl sites for hydroxylation is 1. The van der Waals surface area contributed by atoms with E-state index in [-0.39, 0.29) is 17.7 Å². The molecule has 6 rings (SSSR count). The molecule has 4 aromatic rings. The third kappa shape index (κ3) is 6.51. The molecule has 238 valence electrons. The number of oxime groups is 1. The van der Waals surface area contributed by atoms with Gasteiger partial charge in [0.25, 0.3) is 5.56 Å². The molecule has 45 heavy (non-hydrogen) atoms. The van der Waals surface area contributed by atoms with E-state index in [1.54, 1.807) is 6.92 Å². The molecule has 1 fully saturated rings. The minimum Gasteiger partial charge on any atom is -0.388 e. The summed E-state index contributed by atoms with van der Waals surface area (Å²) in [7, 11) is 0. The third-order valence-electron chi connectivity index (χ3n) is 9.05. The first-order chi connectivity index (χ1) is 21.8. The van der Waals surface area contributed by atoms with Gasteiger partial charge in [-0.3, -0.25) is 9.36 Å². The van der Waals surface area contributed by atoms with Crippen molar-refractivity contribution in [2.24, 2.45) is 5.16 Å². The van der Waals surface area contributed by atoms with Crippen molar-refractivity contribution in [1.29, 1.82) is 0 Å². The summed E-state index contributed by atoms with van der Waals surface area (Å²) in [6.45, 7) is 6.18. The van der Waals surface area contributed by atoms with Crippen LogP contribution in [0.2, 0.25) is 0 Å². The van der Waals surface area contributed by atoms with Gasteiger partial charge in [0.05, 0.1) is 24.0 Å². The number of amidine groups is 1. The molecular weight excluding hydrogens is 572 g/mol. The van der Waals surface area contributed by atoms with E-state index < -0.39 is 12.0 Å². The van der Waals surface area contributed by atoms with E-state index in [2.05, 4.69) is 39.6 Å². The number of aliphatic hydroxyl groups is 2. The Morgan fingerprint density at radius 2 is 1.80 bits per heavy atom. The van der Waals surface area contributed by atoms with E-state index in [0.717, 1.165) is 72.0 Å². The number of rotatable bonds is 11. The zero-order valence-electron chi connectivity index (χ0n) is 26.1. The van der Waals surface area contributed by atoms with E-state index in [9.17, 15) is 15.0 Å². The average Bonchev–Trinajstić information content (AvgIpc) is 3.72. The second-order valence-corrected chi connectivity index (χ2v) is 12.4. The highest BCUT2D eigenvalue weighted by Gasteiger charge is 2.29. The van der Waals surface area contributed by atoms with Crippen molar-refractivity contribution in [2.75, 3.05) is 6.61 Å². The molecule has 1 aliphatic carbocycles. The lowest BCUT2D eigenvalue weighted by atomic mass is 9.92. The molecule has 2 aromatic carbocycles. The summed E-state index contributed by atoms with van der Waals surface area (Å²) in [4.78, 5) is 23.8. The molecule has 0 saturated heterocycles. The highest BCUT2D eigenvalue weighted by molar-refractivity contribution is 6.04. The van der Waals surface area contributed by atoms with Crippen LogP contribution in [0.4, 0.5) is 0 Å². The maximum Gasteiger partial charge on any atom is 0.304 e. The first kappa shape index (κ1) is 30.9. The molecule has 1 aliphatic heterocycles. The molecular formula is C34H42N6O5. The number of fused-ring (bicyclic) bond motifs is 1. The van der Waals surface area contributed by atoms with Crippen LogP contribution in [0.15, 0.2) is 64.8 Å². The minimum atomic E-state index is -1.16. The van der Waals surface area contributed by atoms with Gasteiger partial charge < -0.3 is 25.1 Å². The standard InChI is InChI=1S/C34H42N6O5/c1-4-8-29-28(19-22-11-13-23(14-12-22)26-9-6-7-10-27(26)30-37-33(42)45-38-30)31(41)39(32-35-21-36-40(29)32)24-15-17-25(18-16-24)44-20-34(3,43)5-2/h6-7,9-14,21,24-25,33,42-43H,4-5,8,15-20H2,1-3H3,(H,37,38)/t24-,25-,33?,34?. The second kappa shape index (κ2) is 13.1. The van der Waals surface area contributed by atoms with Crippen molar-refractivity contribution >= 4 is 11.6 Å². The number of hydrogen-bond donors (Lipinski definition) is 3. The molecule has 2 aliphatic rings. The Morgan fingerprint density at radius 1 is 1.07 bits per heavy atom. The zero-order chi connectivity index (χ0) is 31.6. The number of benzene rings is 2. The lowest BCUT2D eigenvalue weighted by Gasteiger charge is -2.32. The summed E-state index contributed by atoms with van der Waals surface area (Å²) in [5.74, 6) is 1.07. The predicted molar refractivity (Wildman–Crippen MR) is 171 cm³/mol. The lowest BCUT2D eigenvalue weighted by Crippen LogP contribution is -2.36. The molecule has 0 spiro atoms. The van der Waals surface area contributed by atoms with Crippen molar-refractivity contribution < 1.29 is 19.8 Å². The van der Waals surface area contributed by atoms with Gasteiger partial charge in [-0.25, -0.2) is 4.52 Å². The van der Waals surface area contributed by atoms with E-state index in [1.165, 1.54) is 6.33 Å². The SMILES string of the molecule is CCCc1c(Cc2ccc(-c3ccccc3C3=NOC(O)N3)cc2)c(=O)n([C@H]2CC[C@H](OCC(C)(O)CC)CC2)c2ncnn12. The molecule has 2 aromatic heterocycles. The van der Waals surface area contributed by atoms with Gasteiger partial charge in [0.2, 0.25) is 5.78 Å². The molecule has 1 saturated carbocycles. The number of ether oxygens (including phenoxy) is 1. The zero-order valence-corrected chi connectivity index (χ0v) is 26.1. The Hall–Kier alpha value is -4.06. The van der Waals surface area contributed by atoms with Crippen molar-refractivity contribution in [3.8, 4) is 11.1 Å². The van der Waals surface area contributed by atoms with Crippen LogP contribution >= 0.6 is 0 Å². The van der Waals surface area contributed by atoms with Crippen LogP contribution in [0.3, 0.4) is 0 Å². The Kier molecular flexibility index (Phi) is 9.02. The molecule has 11 nitrogen and oxygen atoms in total. The summed E-state index contributed by atoms with van der Waals surface area (Å²) in [6.07, 6.45) is 6.39. The maximum atomic E-state index is 14.3. The van der Waals surface area contributed by atoms with Crippen LogP contribution in [0.5, 0.6) is 0 Å². The quantitative estimate of drug-likeness (QED) is 0.227. The normalized spacial score (nSPS) is 21.3. The molecule has 11 heteroatoms. The lowest BCUT2D eigenvalue weighted by molar-refractivity contribution is -0.0896. The first-order valence-corrected chi connectivity index (χ1v) is 15.9. The van der Waals surface area contributed by atoms with E-state index in [4.69, 9.17) is 9.57 Å². The molecule has 3 N–H and O–H groups in total. The van der Waals surface area contributed by atoms with Gasteiger partial charge in [-0.05, 0) is 62.1 Å². The van der Waals surface area contributed by atoms with Gasteiger partial charge in [0, 0.05) is 23.6 Å². The molecule has 0 bridgehead atoms. The Bertz CT molecular complexity index is 1720. The Balaban J connectivity index is 1.27. The first-order valence-electron chi connectivity index (χ1n) is 15.9. The van der Waals surface area contributed by atoms with Gasteiger partial charge in [0.15, 0.2) is 5.84 Å². The van der Waals surface area contributed by atoms with Gasteiger partial charge in [0.1, 0.15) is 6.33 Å². The summed E-state index contributed by atoms with van der Waals surface area (Å²) in [6, 6.07) is 16.0. The molecule has 2 unspecified atom stereocenters. The van der Waals surface area contributed by atoms with E-state index in [0.29, 0.717) is 31.1 Å². The Morgan fingerprint density at radius 3 is 2.47 bits per heavy atom. The van der Waals surface area contributed by atoms with Gasteiger partial charge in [-0.15, -0.1) is 0 Å². The maximum absolute atomic E-state index is 14.3. The summed E-state index contributed by atoms with van der Waals surface area (Å²) in [5, 5.41) is 31.4. The minimum absolute atomic E-state index is 0.00125. The number of hydrogen-bond acceptors (Lipinski definition) is 9. The number of aromatic nitrogens is 4. The fourth-order valence-electron chi connectivity index (χ4n) is 6.29. The Labute approximate surface area is 262 Å². The average molecular weight is 615 g/mol. The largest absolute Gasteiger partial charge is 0.388 e. The van der Waals surface area contributed by atoms with E-state index >= 15 is 0 Å². The van der Waals surface area contributed by atoms with Gasteiger partial charge in [-0.1, -0.05) is 74.0 Å². The number of aliphatic hydroxyl groups excluding tert-OH is 1.